The smallest absolute Gasteiger partial charge is 0.292 e. The molecule has 132 valence electrons. The second-order valence-corrected chi connectivity index (χ2v) is 8.24. The number of hydrogen-bond donors (Lipinski definition) is 2. The van der Waals surface area contributed by atoms with Crippen LogP contribution in [0.5, 0.6) is 0 Å². The summed E-state index contributed by atoms with van der Waals surface area (Å²) >= 11 is 0. The van der Waals surface area contributed by atoms with Gasteiger partial charge in [0.1, 0.15) is 0 Å². The number of carbonyl (C=O) groups excluding carboxylic acids is 2. The molecular formula is C20H29NO3. The lowest BCUT2D eigenvalue weighted by atomic mass is 9.68. The number of nitrogens with one attached hydrogen (secondary N) is 1. The van der Waals surface area contributed by atoms with E-state index in [0.29, 0.717) is 24.3 Å². The molecule has 24 heavy (non-hydrogen) atoms. The van der Waals surface area contributed by atoms with Gasteiger partial charge < -0.3 is 10.4 Å². The summed E-state index contributed by atoms with van der Waals surface area (Å²) in [5.74, 6) is -0.616. The fourth-order valence-electron chi connectivity index (χ4n) is 3.36. The average molecular weight is 331 g/mol. The molecular weight excluding hydrogens is 302 g/mol. The molecule has 0 radical (unpaired) electrons. The van der Waals surface area contributed by atoms with Crippen molar-refractivity contribution in [2.24, 2.45) is 11.3 Å². The minimum atomic E-state index is -0.898. The van der Waals surface area contributed by atoms with E-state index in [1.54, 1.807) is 12.1 Å². The van der Waals surface area contributed by atoms with Crippen molar-refractivity contribution in [2.75, 3.05) is 6.54 Å². The Balaban J connectivity index is 1.87. The summed E-state index contributed by atoms with van der Waals surface area (Å²) in [4.78, 5) is 24.2. The molecule has 0 atom stereocenters. The van der Waals surface area contributed by atoms with Crippen LogP contribution >= 0.6 is 0 Å². The number of amides is 1. The topological polar surface area (TPSA) is 66.4 Å². The number of aliphatic hydroxyl groups is 1. The van der Waals surface area contributed by atoms with Crippen molar-refractivity contribution in [1.82, 2.24) is 5.32 Å². The lowest BCUT2D eigenvalue weighted by molar-refractivity contribution is -0.118. The van der Waals surface area contributed by atoms with E-state index < -0.39 is 17.3 Å². The van der Waals surface area contributed by atoms with Crippen LogP contribution in [0, 0.1) is 18.3 Å². The maximum atomic E-state index is 12.1. The lowest BCUT2D eigenvalue weighted by Crippen LogP contribution is -2.47. The third kappa shape index (κ3) is 4.67. The van der Waals surface area contributed by atoms with Crippen molar-refractivity contribution >= 4 is 11.7 Å². The minimum absolute atomic E-state index is 0.139. The van der Waals surface area contributed by atoms with Gasteiger partial charge in [0, 0.05) is 12.1 Å². The zero-order chi connectivity index (χ0) is 18.0. The monoisotopic (exact) mass is 331 g/mol. The van der Waals surface area contributed by atoms with Crippen LogP contribution in [0.2, 0.25) is 0 Å². The first kappa shape index (κ1) is 18.7. The molecule has 1 aromatic rings. The van der Waals surface area contributed by atoms with E-state index in [0.717, 1.165) is 18.4 Å². The van der Waals surface area contributed by atoms with Crippen LogP contribution in [-0.4, -0.2) is 28.9 Å². The highest BCUT2D eigenvalue weighted by molar-refractivity contribution is 6.42. The zero-order valence-electron chi connectivity index (χ0n) is 15.2. The van der Waals surface area contributed by atoms with E-state index in [-0.39, 0.29) is 12.0 Å². The Bertz CT molecular complexity index is 590. The molecule has 1 saturated carbocycles. The Morgan fingerprint density at radius 2 is 1.71 bits per heavy atom. The largest absolute Gasteiger partial charge is 0.388 e. The highest BCUT2D eigenvalue weighted by Crippen LogP contribution is 2.41. The molecule has 0 heterocycles. The second kappa shape index (κ2) is 7.06. The normalized spacial score (nSPS) is 24.5. The van der Waals surface area contributed by atoms with Crippen molar-refractivity contribution in [3.05, 3.63) is 35.4 Å². The number of benzene rings is 1. The maximum absolute atomic E-state index is 12.1. The van der Waals surface area contributed by atoms with E-state index in [9.17, 15) is 14.7 Å². The summed E-state index contributed by atoms with van der Waals surface area (Å²) < 4.78 is 0. The van der Waals surface area contributed by atoms with Gasteiger partial charge >= 0.3 is 0 Å². The van der Waals surface area contributed by atoms with Crippen LogP contribution < -0.4 is 5.32 Å². The Morgan fingerprint density at radius 1 is 1.17 bits per heavy atom. The van der Waals surface area contributed by atoms with E-state index in [4.69, 9.17) is 0 Å². The van der Waals surface area contributed by atoms with Gasteiger partial charge in [-0.15, -0.1) is 0 Å². The molecule has 0 aromatic heterocycles. The predicted molar refractivity (Wildman–Crippen MR) is 94.9 cm³/mol. The van der Waals surface area contributed by atoms with Gasteiger partial charge in [0.25, 0.3) is 5.91 Å². The summed E-state index contributed by atoms with van der Waals surface area (Å²) in [7, 11) is 0. The van der Waals surface area contributed by atoms with Gasteiger partial charge in [0.15, 0.2) is 0 Å². The molecule has 0 bridgehead atoms. The Morgan fingerprint density at radius 3 is 2.21 bits per heavy atom. The van der Waals surface area contributed by atoms with E-state index in [1.165, 1.54) is 0 Å². The molecule has 0 spiro atoms. The van der Waals surface area contributed by atoms with E-state index in [1.807, 2.05) is 19.1 Å². The Kier molecular flexibility index (Phi) is 5.49. The molecule has 1 fully saturated rings. The third-order valence-electron chi connectivity index (χ3n) is 5.24. The van der Waals surface area contributed by atoms with Gasteiger partial charge in [-0.3, -0.25) is 9.59 Å². The molecule has 1 aliphatic rings. The van der Waals surface area contributed by atoms with Gasteiger partial charge in [-0.2, -0.15) is 0 Å². The average Bonchev–Trinajstić information content (AvgIpc) is 2.52. The number of hydrogen-bond acceptors (Lipinski definition) is 3. The number of ketones is 1. The summed E-state index contributed by atoms with van der Waals surface area (Å²) in [6.45, 7) is 8.75. The predicted octanol–water partition coefficient (Wildman–Crippen LogP) is 3.26. The maximum Gasteiger partial charge on any atom is 0.292 e. The summed E-state index contributed by atoms with van der Waals surface area (Å²) in [5.41, 5.74) is 0.759. The molecule has 1 aliphatic carbocycles. The van der Waals surface area contributed by atoms with E-state index in [2.05, 4.69) is 26.1 Å². The first-order valence-corrected chi connectivity index (χ1v) is 8.72. The van der Waals surface area contributed by atoms with Crippen LogP contribution in [-0.2, 0) is 4.79 Å². The van der Waals surface area contributed by atoms with Crippen molar-refractivity contribution in [3.63, 3.8) is 0 Å². The number of Topliss-reactive ketones (excluding diaryl/α,β-unsaturated/α-hetero) is 1. The molecule has 0 aliphatic heterocycles. The quantitative estimate of drug-likeness (QED) is 0.657. The fourth-order valence-corrected chi connectivity index (χ4v) is 3.36. The molecule has 4 nitrogen and oxygen atoms in total. The number of carbonyl (C=O) groups is 2. The zero-order valence-corrected chi connectivity index (χ0v) is 15.2. The first-order valence-electron chi connectivity index (χ1n) is 8.72. The number of rotatable bonds is 4. The lowest BCUT2D eigenvalue weighted by Gasteiger charge is -2.41. The molecule has 1 amide bonds. The van der Waals surface area contributed by atoms with Crippen molar-refractivity contribution in [2.45, 2.75) is 59.0 Å². The van der Waals surface area contributed by atoms with Crippen molar-refractivity contribution in [1.29, 1.82) is 0 Å². The minimum Gasteiger partial charge on any atom is -0.388 e. The standard InChI is InChI=1S/C20H29NO3/c1-14-5-7-15(8-6-14)17(22)18(23)21-13-20(24)11-9-16(10-12-20)19(2,3)4/h5-8,16,24H,9-13H2,1-4H3,(H,21,23). The molecule has 0 saturated heterocycles. The van der Waals surface area contributed by atoms with Crippen LogP contribution in [0.1, 0.15) is 62.4 Å². The van der Waals surface area contributed by atoms with Crippen LogP contribution in [0.3, 0.4) is 0 Å². The van der Waals surface area contributed by atoms with Crippen LogP contribution in [0.15, 0.2) is 24.3 Å². The Hall–Kier alpha value is -1.68. The molecule has 1 aromatic carbocycles. The molecule has 4 heteroatoms. The first-order chi connectivity index (χ1) is 11.1. The van der Waals surface area contributed by atoms with Crippen LogP contribution in [0.25, 0.3) is 0 Å². The highest BCUT2D eigenvalue weighted by atomic mass is 16.3. The molecule has 2 N–H and O–H groups in total. The summed E-state index contributed by atoms with van der Waals surface area (Å²) in [6, 6.07) is 6.92. The van der Waals surface area contributed by atoms with Gasteiger partial charge in [-0.1, -0.05) is 50.6 Å². The fraction of sp³-hybridized carbons (Fsp3) is 0.600. The van der Waals surface area contributed by atoms with Gasteiger partial charge in [0.05, 0.1) is 5.60 Å². The highest BCUT2D eigenvalue weighted by Gasteiger charge is 2.37. The third-order valence-corrected chi connectivity index (χ3v) is 5.24. The van der Waals surface area contributed by atoms with Gasteiger partial charge in [-0.05, 0) is 43.9 Å². The summed E-state index contributed by atoms with van der Waals surface area (Å²) in [6.07, 6.45) is 3.21. The molecule has 2 rings (SSSR count). The summed E-state index contributed by atoms with van der Waals surface area (Å²) in [5, 5.41) is 13.3. The number of aryl methyl sites for hydroxylation is 1. The van der Waals surface area contributed by atoms with Gasteiger partial charge in [0.2, 0.25) is 5.78 Å². The SMILES string of the molecule is Cc1ccc(C(=O)C(=O)NCC2(O)CCC(C(C)(C)C)CC2)cc1. The second-order valence-electron chi connectivity index (χ2n) is 8.24. The Labute approximate surface area is 144 Å². The van der Waals surface area contributed by atoms with Crippen LogP contribution in [0.4, 0.5) is 0 Å². The van der Waals surface area contributed by atoms with Crippen molar-refractivity contribution in [3.8, 4) is 0 Å². The van der Waals surface area contributed by atoms with Gasteiger partial charge in [-0.25, -0.2) is 0 Å². The van der Waals surface area contributed by atoms with E-state index >= 15 is 0 Å². The molecule has 0 unspecified atom stereocenters. The van der Waals surface area contributed by atoms with Crippen molar-refractivity contribution < 1.29 is 14.7 Å².